The molecule has 4 rings (SSSR count). The number of hydrogen-bond donors (Lipinski definition) is 0. The average Bonchev–Trinajstić information content (AvgIpc) is 3.01. The van der Waals surface area contributed by atoms with Crippen LogP contribution in [0.25, 0.3) is 0 Å². The van der Waals surface area contributed by atoms with Gasteiger partial charge in [-0.1, -0.05) is 0 Å². The number of fused-ring (bicyclic) bond motifs is 1. The Morgan fingerprint density at radius 1 is 0.914 bits per heavy atom. The summed E-state index contributed by atoms with van der Waals surface area (Å²) < 4.78 is 80.8. The minimum absolute atomic E-state index is 0.0170. The quantitative estimate of drug-likeness (QED) is 0.364. The molecule has 0 saturated carbocycles. The molecule has 5 nitrogen and oxygen atoms in total. The van der Waals surface area contributed by atoms with Gasteiger partial charge in [-0.25, -0.2) is 0 Å². The van der Waals surface area contributed by atoms with Crippen molar-refractivity contribution in [3.8, 4) is 0 Å². The Balaban J connectivity index is 1.66. The number of nitrogens with zero attached hydrogens (tertiary/aromatic N) is 5. The van der Waals surface area contributed by atoms with Crippen LogP contribution in [-0.2, 0) is 25.2 Å². The van der Waals surface area contributed by atoms with E-state index in [2.05, 4.69) is 9.97 Å². The fourth-order valence-corrected chi connectivity index (χ4v) is 6.27. The van der Waals surface area contributed by atoms with Gasteiger partial charge in [0.1, 0.15) is 0 Å². The molecule has 4 heterocycles. The number of pyridine rings is 2. The molecule has 1 unspecified atom stereocenters. The molecule has 1 aliphatic rings. The summed E-state index contributed by atoms with van der Waals surface area (Å²) in [6.07, 6.45) is -5.64. The van der Waals surface area contributed by atoms with Gasteiger partial charge in [0.15, 0.2) is 0 Å². The Morgan fingerprint density at radius 3 is 2.29 bits per heavy atom. The van der Waals surface area contributed by atoms with Crippen molar-refractivity contribution in [2.75, 3.05) is 18.0 Å². The van der Waals surface area contributed by atoms with Crippen molar-refractivity contribution in [3.05, 3.63) is 65.0 Å². The van der Waals surface area contributed by atoms with E-state index < -0.39 is 39.4 Å². The van der Waals surface area contributed by atoms with Crippen LogP contribution in [0.1, 0.15) is 48.1 Å². The minimum atomic E-state index is -4.53. The summed E-state index contributed by atoms with van der Waals surface area (Å²) in [6.45, 7) is 4.49. The van der Waals surface area contributed by atoms with Crippen molar-refractivity contribution in [3.63, 3.8) is 0 Å². The zero-order valence-corrected chi connectivity index (χ0v) is 21.0. The molecule has 0 spiro atoms. The Labute approximate surface area is 204 Å². The monoisotopic (exact) mass is 557 g/mol. The van der Waals surface area contributed by atoms with Crippen LogP contribution >= 0.6 is 0 Å². The Kier molecular flexibility index (Phi) is 7.08. The summed E-state index contributed by atoms with van der Waals surface area (Å²) >= 11 is -1.15. The Morgan fingerprint density at radius 2 is 1.66 bits per heavy atom. The van der Waals surface area contributed by atoms with Gasteiger partial charge in [-0.05, 0) is 0 Å². The van der Waals surface area contributed by atoms with Crippen molar-refractivity contribution >= 4 is 30.4 Å². The van der Waals surface area contributed by atoms with E-state index in [4.69, 9.17) is 9.97 Å². The van der Waals surface area contributed by atoms with Gasteiger partial charge in [-0.15, -0.1) is 0 Å². The van der Waals surface area contributed by atoms with Crippen LogP contribution in [0.4, 0.5) is 32.2 Å². The second-order valence-electron chi connectivity index (χ2n) is 8.42. The van der Waals surface area contributed by atoms with Gasteiger partial charge >= 0.3 is 205 Å². The van der Waals surface area contributed by atoms with Crippen molar-refractivity contribution in [1.82, 2.24) is 19.9 Å². The van der Waals surface area contributed by atoms with Crippen LogP contribution in [0.15, 0.2) is 36.7 Å². The van der Waals surface area contributed by atoms with Gasteiger partial charge < -0.3 is 0 Å². The summed E-state index contributed by atoms with van der Waals surface area (Å²) in [4.78, 5) is 18.6. The van der Waals surface area contributed by atoms with Crippen molar-refractivity contribution in [1.29, 1.82) is 0 Å². The number of hydrogen-bond acceptors (Lipinski definition) is 5. The molecule has 0 fully saturated rings. The van der Waals surface area contributed by atoms with Gasteiger partial charge in [0, 0.05) is 0 Å². The molecule has 0 aromatic carbocycles. The molecule has 186 valence electrons. The molecule has 1 aliphatic heterocycles. The molecule has 12 heteroatoms. The van der Waals surface area contributed by atoms with Crippen molar-refractivity contribution in [2.45, 2.75) is 45.0 Å². The molecule has 3 aromatic rings. The number of aromatic nitrogens is 4. The summed E-state index contributed by atoms with van der Waals surface area (Å²) in [5.74, 6) is 0.516. The third kappa shape index (κ3) is 5.77. The predicted molar refractivity (Wildman–Crippen MR) is 121 cm³/mol. The van der Waals surface area contributed by atoms with Crippen LogP contribution in [0, 0.1) is 0 Å². The molecule has 0 radical (unpaired) electrons. The first-order valence-corrected chi connectivity index (χ1v) is 13.0. The summed E-state index contributed by atoms with van der Waals surface area (Å²) in [5, 5.41) is 0. The fraction of sp³-hybridized carbons (Fsp3) is 0.391. The average molecular weight is 557 g/mol. The number of rotatable bonds is 4. The standard InChI is InChI=1S/C23H22AsF6N5/c1-13(2)20-33-17-8-11-35(21-16(22(25,26)27)4-3-9-31-21)10-7-15(17)19(34-20)24-14-5-6-18(32-12-14)23(28,29)30/h3-6,9,12-13,24H,7-8,10-11H2,1-2H3. The van der Waals surface area contributed by atoms with Gasteiger partial charge in [0.25, 0.3) is 0 Å². The topological polar surface area (TPSA) is 54.8 Å². The zero-order chi connectivity index (χ0) is 25.4. The van der Waals surface area contributed by atoms with E-state index in [-0.39, 0.29) is 11.7 Å². The summed E-state index contributed by atoms with van der Waals surface area (Å²) in [7, 11) is 0. The molecular formula is C23H22AsF6N5. The number of anilines is 1. The van der Waals surface area contributed by atoms with Gasteiger partial charge in [-0.2, -0.15) is 0 Å². The normalized spacial score (nSPS) is 15.1. The Hall–Kier alpha value is -2.68. The number of halogens is 6. The van der Waals surface area contributed by atoms with E-state index >= 15 is 0 Å². The Bertz CT molecular complexity index is 1190. The van der Waals surface area contributed by atoms with Crippen LogP contribution in [0.3, 0.4) is 0 Å². The van der Waals surface area contributed by atoms with E-state index in [1.807, 2.05) is 13.8 Å². The van der Waals surface area contributed by atoms with Crippen molar-refractivity contribution in [2.24, 2.45) is 0 Å². The van der Waals surface area contributed by atoms with Gasteiger partial charge in [0.05, 0.1) is 0 Å². The predicted octanol–water partition coefficient (Wildman–Crippen LogP) is 3.42. The number of alkyl halides is 6. The van der Waals surface area contributed by atoms with E-state index in [0.717, 1.165) is 27.9 Å². The molecule has 3 aromatic heterocycles. The van der Waals surface area contributed by atoms with Crippen LogP contribution in [0.5, 0.6) is 0 Å². The molecule has 1 atom stereocenters. The zero-order valence-electron chi connectivity index (χ0n) is 18.9. The first-order valence-electron chi connectivity index (χ1n) is 10.9. The molecule has 0 saturated heterocycles. The van der Waals surface area contributed by atoms with Crippen LogP contribution in [0.2, 0.25) is 0 Å². The summed E-state index contributed by atoms with van der Waals surface area (Å²) in [5.41, 5.74) is -0.108. The molecule has 0 N–H and O–H groups in total. The molecule has 0 aliphatic carbocycles. The SMILES string of the molecule is CC(C)c1nc2c(c([AsH]c3ccc(C(F)(F)F)nc3)n1)CCN(c1ncccc1C(F)(F)F)CC2. The summed E-state index contributed by atoms with van der Waals surface area (Å²) in [6, 6.07) is 4.67. The second kappa shape index (κ2) is 9.76. The fourth-order valence-electron chi connectivity index (χ4n) is 3.83. The van der Waals surface area contributed by atoms with Crippen molar-refractivity contribution < 1.29 is 26.3 Å². The third-order valence-electron chi connectivity index (χ3n) is 5.58. The van der Waals surface area contributed by atoms with E-state index in [1.54, 1.807) is 4.90 Å². The first-order chi connectivity index (χ1) is 16.4. The van der Waals surface area contributed by atoms with E-state index in [9.17, 15) is 26.3 Å². The third-order valence-corrected chi connectivity index (χ3v) is 8.18. The van der Waals surface area contributed by atoms with Gasteiger partial charge in [0.2, 0.25) is 0 Å². The molecular weight excluding hydrogens is 535 g/mol. The molecule has 0 amide bonds. The van der Waals surface area contributed by atoms with Crippen LogP contribution < -0.4 is 13.7 Å². The van der Waals surface area contributed by atoms with Gasteiger partial charge in [-0.3, -0.25) is 0 Å². The van der Waals surface area contributed by atoms with E-state index in [1.165, 1.54) is 24.5 Å². The maximum absolute atomic E-state index is 13.6. The molecule has 0 bridgehead atoms. The molecule has 35 heavy (non-hydrogen) atoms. The first kappa shape index (κ1) is 25.4. The second-order valence-corrected chi connectivity index (χ2v) is 11.2. The van der Waals surface area contributed by atoms with Crippen LogP contribution in [-0.4, -0.2) is 48.8 Å². The maximum atomic E-state index is 13.6. The van der Waals surface area contributed by atoms with E-state index in [0.29, 0.717) is 36.1 Å².